The fourth-order valence-corrected chi connectivity index (χ4v) is 2.96. The molecule has 1 aliphatic rings. The number of aryl methyl sites for hydroxylation is 1. The van der Waals surface area contributed by atoms with Gasteiger partial charge in [0.25, 0.3) is 0 Å². The minimum atomic E-state index is -4.41. The maximum Gasteiger partial charge on any atom is 0.416 e. The first-order valence-electron chi connectivity index (χ1n) is 7.33. The Bertz CT molecular complexity index is 569. The summed E-state index contributed by atoms with van der Waals surface area (Å²) in [5.74, 6) is 0. The molecule has 1 heterocycles. The lowest BCUT2D eigenvalue weighted by atomic mass is 9.96. The average Bonchev–Trinajstić information content (AvgIpc) is 2.73. The molecular formula is C16H20F3NO2. The number of benzene rings is 1. The zero-order valence-corrected chi connectivity index (χ0v) is 13.1. The van der Waals surface area contributed by atoms with Gasteiger partial charge in [-0.2, -0.15) is 13.2 Å². The number of amides is 1. The number of carbonyl (C=O) groups excluding carboxylic acids is 1. The average molecular weight is 315 g/mol. The highest BCUT2D eigenvalue weighted by molar-refractivity contribution is 5.71. The van der Waals surface area contributed by atoms with Crippen molar-refractivity contribution in [3.63, 3.8) is 0 Å². The molecule has 0 spiro atoms. The van der Waals surface area contributed by atoms with Gasteiger partial charge in [0.1, 0.15) is 6.10 Å². The van der Waals surface area contributed by atoms with Gasteiger partial charge in [-0.3, -0.25) is 4.90 Å². The van der Waals surface area contributed by atoms with E-state index in [9.17, 15) is 18.0 Å². The third-order valence-corrected chi connectivity index (χ3v) is 3.88. The summed E-state index contributed by atoms with van der Waals surface area (Å²) < 4.78 is 44.3. The molecular weight excluding hydrogens is 295 g/mol. The molecule has 0 aromatic heterocycles. The third-order valence-electron chi connectivity index (χ3n) is 3.88. The van der Waals surface area contributed by atoms with Crippen LogP contribution in [0.2, 0.25) is 0 Å². The fourth-order valence-electron chi connectivity index (χ4n) is 2.96. The molecule has 0 N–H and O–H groups in total. The predicted molar refractivity (Wildman–Crippen MR) is 76.5 cm³/mol. The van der Waals surface area contributed by atoms with E-state index in [1.165, 1.54) is 0 Å². The van der Waals surface area contributed by atoms with Gasteiger partial charge in [-0.25, -0.2) is 4.79 Å². The van der Waals surface area contributed by atoms with E-state index < -0.39 is 23.9 Å². The maximum atomic E-state index is 13.0. The van der Waals surface area contributed by atoms with Crippen LogP contribution in [-0.2, 0) is 10.9 Å². The summed E-state index contributed by atoms with van der Waals surface area (Å²) in [6.45, 7) is 7.24. The van der Waals surface area contributed by atoms with Crippen molar-refractivity contribution in [3.8, 4) is 0 Å². The number of hydrogen-bond acceptors (Lipinski definition) is 2. The van der Waals surface area contributed by atoms with Crippen LogP contribution in [0, 0.1) is 6.92 Å². The van der Waals surface area contributed by atoms with E-state index in [-0.39, 0.29) is 12.1 Å². The Morgan fingerprint density at radius 3 is 2.41 bits per heavy atom. The Hall–Kier alpha value is -1.72. The number of halogens is 3. The number of carbonyl (C=O) groups is 1. The highest BCUT2D eigenvalue weighted by Gasteiger charge is 2.43. The van der Waals surface area contributed by atoms with Gasteiger partial charge in [-0.05, 0) is 44.9 Å². The predicted octanol–water partition coefficient (Wildman–Crippen LogP) is 4.69. The van der Waals surface area contributed by atoms with E-state index in [1.54, 1.807) is 17.9 Å². The number of nitrogens with zero attached hydrogens (tertiary/aromatic N) is 1. The second-order valence-electron chi connectivity index (χ2n) is 5.91. The number of hydrogen-bond donors (Lipinski definition) is 0. The normalized spacial score (nSPS) is 22.4. The summed E-state index contributed by atoms with van der Waals surface area (Å²) in [6, 6.07) is 3.52. The van der Waals surface area contributed by atoms with E-state index in [4.69, 9.17) is 4.74 Å². The Kier molecular flexibility index (Phi) is 4.40. The number of ether oxygens (including phenoxy) is 1. The molecule has 1 saturated heterocycles. The minimum Gasteiger partial charge on any atom is -0.439 e. The topological polar surface area (TPSA) is 29.5 Å². The van der Waals surface area contributed by atoms with Crippen LogP contribution in [0.4, 0.5) is 18.0 Å². The lowest BCUT2D eigenvalue weighted by Crippen LogP contribution is -2.39. The molecule has 1 amide bonds. The highest BCUT2D eigenvalue weighted by atomic mass is 19.4. The lowest BCUT2D eigenvalue weighted by Gasteiger charge is -2.27. The van der Waals surface area contributed by atoms with E-state index in [0.29, 0.717) is 17.5 Å². The van der Waals surface area contributed by atoms with Crippen LogP contribution < -0.4 is 0 Å². The quantitative estimate of drug-likeness (QED) is 0.809. The standard InChI is InChI=1S/C16H20F3NO2/c1-5-13-14(22-15(21)20(13)9(2)3)11-6-10(4)7-12(8-11)16(17,18)19/h6-9,13-14H,5H2,1-4H3/t13-,14+/m0/s1. The first kappa shape index (κ1) is 16.6. The number of rotatable bonds is 3. The molecule has 122 valence electrons. The first-order chi connectivity index (χ1) is 10.1. The Morgan fingerprint density at radius 2 is 1.91 bits per heavy atom. The molecule has 1 fully saturated rings. The maximum absolute atomic E-state index is 13.0. The Morgan fingerprint density at radius 1 is 1.27 bits per heavy atom. The number of cyclic esters (lactones) is 1. The number of alkyl halides is 3. The molecule has 0 aliphatic carbocycles. The van der Waals surface area contributed by atoms with Crippen molar-refractivity contribution < 1.29 is 22.7 Å². The van der Waals surface area contributed by atoms with E-state index in [0.717, 1.165) is 12.1 Å². The largest absolute Gasteiger partial charge is 0.439 e. The van der Waals surface area contributed by atoms with Crippen LogP contribution in [-0.4, -0.2) is 23.1 Å². The SMILES string of the molecule is CC[C@H]1[C@@H](c2cc(C)cc(C(F)(F)F)c2)OC(=O)N1C(C)C. The molecule has 22 heavy (non-hydrogen) atoms. The molecule has 2 atom stereocenters. The van der Waals surface area contributed by atoms with Crippen molar-refractivity contribution in [1.29, 1.82) is 0 Å². The van der Waals surface area contributed by atoms with Crippen molar-refractivity contribution in [2.24, 2.45) is 0 Å². The first-order valence-corrected chi connectivity index (χ1v) is 7.33. The fraction of sp³-hybridized carbons (Fsp3) is 0.562. The van der Waals surface area contributed by atoms with Gasteiger partial charge in [0.15, 0.2) is 0 Å². The van der Waals surface area contributed by atoms with Gasteiger partial charge < -0.3 is 4.74 Å². The molecule has 0 radical (unpaired) electrons. The zero-order chi connectivity index (χ0) is 16.7. The second kappa shape index (κ2) is 5.82. The second-order valence-corrected chi connectivity index (χ2v) is 5.91. The summed E-state index contributed by atoms with van der Waals surface area (Å²) in [6.07, 6.45) is -4.94. The van der Waals surface area contributed by atoms with Crippen molar-refractivity contribution in [2.45, 2.75) is 58.5 Å². The smallest absolute Gasteiger partial charge is 0.416 e. The molecule has 6 heteroatoms. The van der Waals surface area contributed by atoms with E-state index in [1.807, 2.05) is 20.8 Å². The van der Waals surface area contributed by atoms with Crippen LogP contribution in [0.25, 0.3) is 0 Å². The molecule has 2 rings (SSSR count). The van der Waals surface area contributed by atoms with Gasteiger partial charge in [0.2, 0.25) is 0 Å². The molecule has 0 bridgehead atoms. The molecule has 1 aromatic carbocycles. The molecule has 3 nitrogen and oxygen atoms in total. The summed E-state index contributed by atoms with van der Waals surface area (Å²) in [5.41, 5.74) is 0.186. The van der Waals surface area contributed by atoms with Crippen LogP contribution in [0.15, 0.2) is 18.2 Å². The molecule has 1 aliphatic heterocycles. The van der Waals surface area contributed by atoms with E-state index in [2.05, 4.69) is 0 Å². The third kappa shape index (κ3) is 3.05. The van der Waals surface area contributed by atoms with Crippen molar-refractivity contribution in [2.75, 3.05) is 0 Å². The minimum absolute atomic E-state index is 0.0608. The lowest BCUT2D eigenvalue weighted by molar-refractivity contribution is -0.137. The zero-order valence-electron chi connectivity index (χ0n) is 13.1. The van der Waals surface area contributed by atoms with Gasteiger partial charge in [-0.1, -0.05) is 18.6 Å². The van der Waals surface area contributed by atoms with E-state index >= 15 is 0 Å². The van der Waals surface area contributed by atoms with Crippen LogP contribution in [0.3, 0.4) is 0 Å². The Balaban J connectivity index is 2.43. The van der Waals surface area contributed by atoms with Gasteiger partial charge in [0.05, 0.1) is 11.6 Å². The summed E-state index contributed by atoms with van der Waals surface area (Å²) >= 11 is 0. The van der Waals surface area contributed by atoms with Crippen molar-refractivity contribution >= 4 is 6.09 Å². The van der Waals surface area contributed by atoms with Crippen LogP contribution in [0.5, 0.6) is 0 Å². The van der Waals surface area contributed by atoms with Crippen LogP contribution >= 0.6 is 0 Å². The summed E-state index contributed by atoms with van der Waals surface area (Å²) in [7, 11) is 0. The van der Waals surface area contributed by atoms with Crippen molar-refractivity contribution in [1.82, 2.24) is 4.90 Å². The van der Waals surface area contributed by atoms with Gasteiger partial charge >= 0.3 is 12.3 Å². The Labute approximate surface area is 128 Å². The van der Waals surface area contributed by atoms with Gasteiger partial charge in [-0.15, -0.1) is 0 Å². The van der Waals surface area contributed by atoms with Gasteiger partial charge in [0, 0.05) is 6.04 Å². The monoisotopic (exact) mass is 315 g/mol. The molecule has 1 aromatic rings. The summed E-state index contributed by atoms with van der Waals surface area (Å²) in [5, 5.41) is 0. The summed E-state index contributed by atoms with van der Waals surface area (Å²) in [4.78, 5) is 13.6. The van der Waals surface area contributed by atoms with Crippen molar-refractivity contribution in [3.05, 3.63) is 34.9 Å². The van der Waals surface area contributed by atoms with Crippen LogP contribution in [0.1, 0.15) is 50.0 Å². The molecule has 0 saturated carbocycles. The molecule has 0 unspecified atom stereocenters. The highest BCUT2D eigenvalue weighted by Crippen LogP contribution is 2.38.